The Morgan fingerprint density at radius 3 is 0.705 bits per heavy atom. The van der Waals surface area contributed by atoms with E-state index in [-0.39, 0.29) is 20.2 Å². The Bertz CT molecular complexity index is 6780. The molecule has 146 heavy (non-hydrogen) atoms. The van der Waals surface area contributed by atoms with E-state index in [4.69, 9.17) is 27.2 Å². The van der Waals surface area contributed by atoms with Crippen LogP contribution >= 0.6 is 22.7 Å². The molecule has 15 heteroatoms. The molecule has 2 heterocycles. The highest BCUT2D eigenvalue weighted by Gasteiger charge is 2.56. The molecule has 0 fully saturated rings. The molecule has 0 aliphatic rings. The summed E-state index contributed by atoms with van der Waals surface area (Å²) in [5.74, 6) is 5.04. The molecule has 0 atom stereocenters. The zero-order valence-corrected chi connectivity index (χ0v) is 91.3. The van der Waals surface area contributed by atoms with Gasteiger partial charge in [0.15, 0.2) is 6.29 Å². The standard InChI is InChI=1S/C66H65NO4SSi2.C65H65NO3SSi2/c1-65(2,3)73(60-24-14-8-15-25-60,61-26-16-9-17-27-61)70-56-39-32-51(33-40-56)47-67(55-38-36-54(37-43-58-44-45-59(49-68)72-58)64(46-55)69-50-53-22-12-7-13-23-53)48-52-34-41-57(42-35-52)71-74(66(4,5)6,62-28-18-10-19-29-62)63-30-20-11-21-31-63;1-64(2,3)71(59-26-14-8-15-27-59,60-28-16-9-17-29-60)68-56-41-34-51(35-42-56)48-66(55-40-38-54(39-45-58-25-22-46-70-58)63(47-55)67-50-53-23-12-7-13-24-53)49-52-36-43-57(44-37-52)69-72(65(4,5)6,61-30-18-10-19-31-61)62-32-20-11-21-33-62/h7-46,49H,47-48,50H2,1-6H3;7-47H,48-50H2,1-6H3/b43-37+;. The molecule has 0 saturated carbocycles. The molecule has 16 aromatic carbocycles. The average molecular weight is 2020 g/mol. The Morgan fingerprint density at radius 1 is 0.240 bits per heavy atom. The average Bonchev–Trinajstić information content (AvgIpc) is 0.798. The number of benzene rings is 16. The Balaban J connectivity index is 0.000000200. The van der Waals surface area contributed by atoms with Crippen molar-refractivity contribution in [2.75, 3.05) is 9.80 Å². The fraction of sp³-hybridized carbons (Fsp3) is 0.168. The zero-order chi connectivity index (χ0) is 102. The fourth-order valence-corrected chi connectivity index (χ4v) is 39.0. The van der Waals surface area contributed by atoms with Crippen molar-refractivity contribution < 1.29 is 32.0 Å². The lowest BCUT2D eigenvalue weighted by Crippen LogP contribution is -2.68. The van der Waals surface area contributed by atoms with E-state index in [9.17, 15) is 4.79 Å². The van der Waals surface area contributed by atoms with E-state index in [0.29, 0.717) is 44.3 Å². The molecule has 18 rings (SSSR count). The summed E-state index contributed by atoms with van der Waals surface area (Å²) < 4.78 is 43.2. The van der Waals surface area contributed by atoms with Crippen LogP contribution in [-0.2, 0) is 39.4 Å². The molecule has 0 amide bonds. The van der Waals surface area contributed by atoms with Crippen molar-refractivity contribution in [3.8, 4) is 34.5 Å². The monoisotopic (exact) mass is 2020 g/mol. The highest BCUT2D eigenvalue weighted by atomic mass is 32.1. The maximum Gasteiger partial charge on any atom is 0.319 e. The summed E-state index contributed by atoms with van der Waals surface area (Å²) in [6.07, 6.45) is 9.35. The van der Waals surface area contributed by atoms with Gasteiger partial charge >= 0.3 is 33.3 Å². The summed E-state index contributed by atoms with van der Waals surface area (Å²) >= 11 is 3.19. The minimum Gasteiger partial charge on any atom is -0.534 e. The number of hydrogen-bond acceptors (Lipinski definition) is 11. The van der Waals surface area contributed by atoms with E-state index in [0.717, 1.165) is 90.4 Å². The first-order chi connectivity index (χ1) is 70.7. The molecule has 2 aromatic heterocycles. The third-order valence-electron chi connectivity index (χ3n) is 27.3. The lowest BCUT2D eigenvalue weighted by molar-refractivity contribution is 0.112. The Morgan fingerprint density at radius 2 is 0.479 bits per heavy atom. The van der Waals surface area contributed by atoms with E-state index in [2.05, 4.69) is 541 Å². The quantitative estimate of drug-likeness (QED) is 0.0279. The molecule has 0 aliphatic carbocycles. The van der Waals surface area contributed by atoms with Gasteiger partial charge in [0.1, 0.15) is 47.7 Å². The lowest BCUT2D eigenvalue weighted by Gasteiger charge is -2.43. The van der Waals surface area contributed by atoms with E-state index < -0.39 is 33.3 Å². The number of carbonyl (C=O) groups excluding carboxylic acids is 1. The van der Waals surface area contributed by atoms with Crippen LogP contribution in [0.5, 0.6) is 34.5 Å². The first-order valence-corrected chi connectivity index (χ1v) is 59.7. The number of rotatable bonds is 37. The number of thiophene rings is 2. The summed E-state index contributed by atoms with van der Waals surface area (Å²) in [6.45, 7) is 31.2. The van der Waals surface area contributed by atoms with E-state index >= 15 is 0 Å². The summed E-state index contributed by atoms with van der Waals surface area (Å²) in [7, 11) is -11.3. The highest BCUT2D eigenvalue weighted by Crippen LogP contribution is 2.45. The third kappa shape index (κ3) is 24.1. The molecule has 0 unspecified atom stereocenters. The van der Waals surface area contributed by atoms with E-state index in [1.54, 1.807) is 11.3 Å². The summed E-state index contributed by atoms with van der Waals surface area (Å²) in [4.78, 5) is 19.3. The molecule has 18 aromatic rings. The van der Waals surface area contributed by atoms with E-state index in [1.807, 2.05) is 42.5 Å². The van der Waals surface area contributed by atoms with Crippen LogP contribution in [0.25, 0.3) is 24.3 Å². The second-order valence-electron chi connectivity index (χ2n) is 41.4. The minimum absolute atomic E-state index is 0.156. The van der Waals surface area contributed by atoms with Crippen molar-refractivity contribution in [1.82, 2.24) is 0 Å². The Kier molecular flexibility index (Phi) is 32.8. The zero-order valence-electron chi connectivity index (χ0n) is 85.7. The topological polar surface area (TPSA) is 78.9 Å². The Labute approximate surface area is 877 Å². The van der Waals surface area contributed by atoms with Gasteiger partial charge in [-0.05, 0) is 216 Å². The van der Waals surface area contributed by atoms with Gasteiger partial charge in [-0.2, -0.15) is 0 Å². The number of carbonyl (C=O) groups is 1. The van der Waals surface area contributed by atoms with Gasteiger partial charge in [0, 0.05) is 70.6 Å². The first-order valence-electron chi connectivity index (χ1n) is 50.4. The second kappa shape index (κ2) is 46.6. The second-order valence-corrected chi connectivity index (χ2v) is 60.4. The molecule has 0 bridgehead atoms. The van der Waals surface area contributed by atoms with Crippen molar-refractivity contribution in [2.24, 2.45) is 0 Å². The molecular formula is C131H130N2O7S2Si4. The normalized spacial score (nSPS) is 12.1. The summed E-state index contributed by atoms with van der Waals surface area (Å²) in [5, 5.41) is 11.4. The molecule has 0 spiro atoms. The number of nitrogens with zero attached hydrogens (tertiary/aromatic N) is 2. The van der Waals surface area contributed by atoms with Gasteiger partial charge < -0.3 is 37.0 Å². The predicted molar refractivity (Wildman–Crippen MR) is 625 cm³/mol. The smallest absolute Gasteiger partial charge is 0.319 e. The molecule has 9 nitrogen and oxygen atoms in total. The number of aldehydes is 1. The van der Waals surface area contributed by atoms with Crippen LogP contribution < -0.4 is 78.5 Å². The molecule has 0 N–H and O–H groups in total. The Hall–Kier alpha value is -14.7. The lowest BCUT2D eigenvalue weighted by atomic mass is 10.1. The molecule has 0 aliphatic heterocycles. The third-order valence-corrected chi connectivity index (χ3v) is 48.9. The minimum atomic E-state index is -2.84. The predicted octanol–water partition coefficient (Wildman–Crippen LogP) is 29.0. The molecular weight excluding hydrogens is 1890 g/mol. The van der Waals surface area contributed by atoms with Crippen molar-refractivity contribution in [1.29, 1.82) is 0 Å². The van der Waals surface area contributed by atoms with Gasteiger partial charge in [-0.25, -0.2) is 0 Å². The van der Waals surface area contributed by atoms with Crippen LogP contribution in [0, 0.1) is 0 Å². The van der Waals surface area contributed by atoms with Crippen molar-refractivity contribution in [3.05, 3.63) is 526 Å². The number of anilines is 2. The van der Waals surface area contributed by atoms with Crippen LogP contribution in [0.15, 0.2) is 466 Å². The van der Waals surface area contributed by atoms with Gasteiger partial charge in [0.2, 0.25) is 0 Å². The van der Waals surface area contributed by atoms with Crippen LogP contribution in [0.4, 0.5) is 11.4 Å². The number of hydrogen-bond donors (Lipinski definition) is 0. The fourth-order valence-electron chi connectivity index (χ4n) is 20.0. The van der Waals surface area contributed by atoms with Crippen LogP contribution in [-0.4, -0.2) is 39.6 Å². The summed E-state index contributed by atoms with van der Waals surface area (Å²) in [5.41, 5.74) is 10.9. The van der Waals surface area contributed by atoms with Gasteiger partial charge in [0.05, 0.1) is 4.88 Å². The largest absolute Gasteiger partial charge is 0.534 e. The molecule has 0 radical (unpaired) electrons. The van der Waals surface area contributed by atoms with Crippen molar-refractivity contribution >= 4 is 139 Å². The summed E-state index contributed by atoms with van der Waals surface area (Å²) in [6, 6.07) is 163. The van der Waals surface area contributed by atoms with Gasteiger partial charge in [-0.1, -0.05) is 441 Å². The van der Waals surface area contributed by atoms with Crippen LogP contribution in [0.2, 0.25) is 20.2 Å². The van der Waals surface area contributed by atoms with E-state index in [1.165, 1.54) is 68.8 Å². The van der Waals surface area contributed by atoms with Gasteiger partial charge in [-0.3, -0.25) is 4.79 Å². The van der Waals surface area contributed by atoms with Crippen LogP contribution in [0.1, 0.15) is 147 Å². The van der Waals surface area contributed by atoms with Gasteiger partial charge in [-0.15, -0.1) is 22.7 Å². The maximum absolute atomic E-state index is 11.5. The first kappa shape index (κ1) is 103. The van der Waals surface area contributed by atoms with Gasteiger partial charge in [0.25, 0.3) is 0 Å². The highest BCUT2D eigenvalue weighted by molar-refractivity contribution is 7.14. The molecule has 734 valence electrons. The van der Waals surface area contributed by atoms with Crippen LogP contribution in [0.3, 0.4) is 0 Å². The maximum atomic E-state index is 11.5. The molecule has 0 saturated heterocycles. The number of ether oxygens (including phenoxy) is 2. The SMILES string of the molecule is CC(C)(C)[Si](Oc1ccc(CN(Cc2ccc(O[Si](c3ccccc3)(c3ccccc3)C(C)(C)C)cc2)c2ccc(/C=C/c3ccc(C=O)s3)c(OCc3ccccc3)c2)cc1)(c1ccccc1)c1ccccc1.CC(C)(C)[Si](Oc1ccc(CN(Cc2ccc(O[Si](c3ccccc3)(c3ccccc3)C(C)(C)C)cc2)c2ccc(C=Cc3cccs3)c(OCc3ccccc3)c2)cc1)(c1ccccc1)c1ccccc1. The van der Waals surface area contributed by atoms with Crippen molar-refractivity contribution in [3.63, 3.8) is 0 Å². The van der Waals surface area contributed by atoms with Crippen molar-refractivity contribution in [2.45, 2.75) is 143 Å².